The first-order valence-electron chi connectivity index (χ1n) is 6.17. The molecule has 0 bridgehead atoms. The summed E-state index contributed by atoms with van der Waals surface area (Å²) in [5, 5.41) is 1.53. The van der Waals surface area contributed by atoms with Gasteiger partial charge in [-0.15, -0.1) is 0 Å². The van der Waals surface area contributed by atoms with Gasteiger partial charge in [0.25, 0.3) is 0 Å². The van der Waals surface area contributed by atoms with Crippen LogP contribution in [0.15, 0.2) is 45.7 Å². The van der Waals surface area contributed by atoms with Crippen molar-refractivity contribution in [2.75, 3.05) is 0 Å². The van der Waals surface area contributed by atoms with Crippen LogP contribution in [0.3, 0.4) is 0 Å². The summed E-state index contributed by atoms with van der Waals surface area (Å²) in [4.78, 5) is 4.38. The summed E-state index contributed by atoms with van der Waals surface area (Å²) in [6.45, 7) is 3.29. The number of halogens is 3. The second-order valence-electron chi connectivity index (χ2n) is 5.05. The Morgan fingerprint density at radius 1 is 1.25 bits per heavy atom. The minimum absolute atomic E-state index is 0. The van der Waals surface area contributed by atoms with Crippen molar-refractivity contribution >= 4 is 22.0 Å². The van der Waals surface area contributed by atoms with E-state index >= 15 is 0 Å². The maximum Gasteiger partial charge on any atom is -1.00 e. The number of hydrogen-bond acceptors (Lipinski definition) is 1. The fourth-order valence-electron chi connectivity index (χ4n) is 2.15. The van der Waals surface area contributed by atoms with Gasteiger partial charge in [-0.1, -0.05) is 0 Å². The summed E-state index contributed by atoms with van der Waals surface area (Å²) in [5.41, 5.74) is 2.72. The average molecular weight is 430 g/mol. The third-order valence-electron chi connectivity index (χ3n) is 3.17. The molecule has 1 aliphatic rings. The molecule has 0 unspecified atom stereocenters. The number of nitrogens with zero attached hydrogens (tertiary/aromatic N) is 1. The zero-order chi connectivity index (χ0) is 13.2. The van der Waals surface area contributed by atoms with Crippen molar-refractivity contribution < 1.29 is 41.1 Å². The Kier molecular flexibility index (Phi) is 8.97. The molecule has 2 rings (SSSR count). The Morgan fingerprint density at radius 3 is 2.45 bits per heavy atom. The van der Waals surface area contributed by atoms with E-state index < -0.39 is 6.69 Å². The monoisotopic (exact) mass is 428 g/mol. The number of hydrogen-bond donors (Lipinski definition) is 0. The molecular formula is C14H17BrCl2CrNSi. The van der Waals surface area contributed by atoms with Gasteiger partial charge in [0.1, 0.15) is 0 Å². The van der Waals surface area contributed by atoms with Crippen molar-refractivity contribution in [3.63, 3.8) is 0 Å². The fourth-order valence-corrected chi connectivity index (χ4v) is 6.80. The molecule has 0 fully saturated rings. The second-order valence-corrected chi connectivity index (χ2v) is 15.1. The van der Waals surface area contributed by atoms with Crippen molar-refractivity contribution in [1.82, 2.24) is 4.98 Å². The molecule has 0 saturated heterocycles. The predicted molar refractivity (Wildman–Crippen MR) is 78.7 cm³/mol. The first kappa shape index (κ1) is 20.4. The van der Waals surface area contributed by atoms with E-state index in [2.05, 4.69) is 67.9 Å². The van der Waals surface area contributed by atoms with E-state index in [1.807, 2.05) is 12.3 Å². The first-order chi connectivity index (χ1) is 8.48. The quantitative estimate of drug-likeness (QED) is 0.410. The van der Waals surface area contributed by atoms with Crippen molar-refractivity contribution in [1.29, 1.82) is 0 Å². The van der Waals surface area contributed by atoms with Gasteiger partial charge in [0.2, 0.25) is 0 Å². The van der Waals surface area contributed by atoms with Gasteiger partial charge < -0.3 is 24.8 Å². The van der Waals surface area contributed by atoms with E-state index in [-0.39, 0.29) is 24.8 Å². The summed E-state index contributed by atoms with van der Waals surface area (Å²) in [7, 11) is 0. The normalized spacial score (nSPS) is 14.4. The van der Waals surface area contributed by atoms with E-state index in [1.165, 1.54) is 20.9 Å². The molecule has 1 aromatic rings. The van der Waals surface area contributed by atoms with E-state index in [1.54, 1.807) is 0 Å². The summed E-state index contributed by atoms with van der Waals surface area (Å²) < 4.78 is 1.40. The van der Waals surface area contributed by atoms with Crippen LogP contribution in [0.4, 0.5) is 0 Å². The minimum Gasteiger partial charge on any atom is -1.00 e. The first-order valence-corrected chi connectivity index (χ1v) is 12.1. The molecule has 1 heterocycles. The topological polar surface area (TPSA) is 12.9 Å². The molecule has 0 aromatic carbocycles. The zero-order valence-corrected chi connectivity index (χ0v) is 16.9. The average Bonchev–Trinajstić information content (AvgIpc) is 2.69. The molecular weight excluding hydrogens is 413 g/mol. The van der Waals surface area contributed by atoms with Gasteiger partial charge in [-0.2, -0.15) is 0 Å². The fraction of sp³-hybridized carbons (Fsp3) is 0.357. The van der Waals surface area contributed by atoms with Crippen LogP contribution in [0, 0.1) is 0 Å². The molecule has 1 aromatic heterocycles. The third-order valence-corrected chi connectivity index (χ3v) is 7.27. The molecule has 6 heteroatoms. The van der Waals surface area contributed by atoms with Gasteiger partial charge in [0.05, 0.1) is 0 Å². The SMILES string of the molecule is C[Si](C)(Br)C1=CCC(CCc2ccccn2)=[C]1[Cr+2].[Cl-].[Cl-]. The van der Waals surface area contributed by atoms with Crippen LogP contribution in [0.5, 0.6) is 0 Å². The van der Waals surface area contributed by atoms with Gasteiger partial charge in [-0.25, -0.2) is 0 Å². The van der Waals surface area contributed by atoms with Crippen LogP contribution < -0.4 is 24.8 Å². The molecule has 0 spiro atoms. The van der Waals surface area contributed by atoms with Crippen molar-refractivity contribution in [2.45, 2.75) is 32.4 Å². The van der Waals surface area contributed by atoms with E-state index in [4.69, 9.17) is 0 Å². The Labute approximate surface area is 151 Å². The van der Waals surface area contributed by atoms with Crippen LogP contribution in [-0.4, -0.2) is 11.7 Å². The van der Waals surface area contributed by atoms with Crippen molar-refractivity contribution in [3.8, 4) is 0 Å². The molecule has 1 aliphatic carbocycles. The predicted octanol–water partition coefficient (Wildman–Crippen LogP) is -1.71. The minimum atomic E-state index is -1.37. The Bertz CT molecular complexity index is 498. The number of aryl methyl sites for hydroxylation is 1. The Morgan fingerprint density at radius 2 is 1.95 bits per heavy atom. The van der Waals surface area contributed by atoms with Crippen LogP contribution in [-0.2, 0) is 22.7 Å². The summed E-state index contributed by atoms with van der Waals surface area (Å²) in [5.74, 6) is 0. The van der Waals surface area contributed by atoms with Crippen molar-refractivity contribution in [3.05, 3.63) is 51.4 Å². The maximum absolute atomic E-state index is 4.38. The van der Waals surface area contributed by atoms with Gasteiger partial charge in [0, 0.05) is 0 Å². The Hall–Kier alpha value is 0.439. The van der Waals surface area contributed by atoms with Crippen LogP contribution in [0.25, 0.3) is 0 Å². The van der Waals surface area contributed by atoms with E-state index in [9.17, 15) is 0 Å². The summed E-state index contributed by atoms with van der Waals surface area (Å²) in [6.07, 6.45) is 7.51. The molecule has 109 valence electrons. The molecule has 0 aliphatic heterocycles. The van der Waals surface area contributed by atoms with E-state index in [0.717, 1.165) is 19.3 Å². The maximum atomic E-state index is 4.38. The van der Waals surface area contributed by atoms with Gasteiger partial charge >= 0.3 is 127 Å². The molecule has 0 atom stereocenters. The number of pyridine rings is 1. The third kappa shape index (κ3) is 5.33. The number of aromatic nitrogens is 1. The van der Waals surface area contributed by atoms with E-state index in [0.29, 0.717) is 0 Å². The standard InChI is InChI=1S/C14H17BrNSi.2ClH.Cr/c1-17(2,15)14-9-7-12(11-14)6-8-13-5-3-4-10-16-13;;;/h3-5,9-10H,6-8H2,1-2H3;2*1H;/q;;;+2/p-2. The second kappa shape index (κ2) is 8.78. The summed E-state index contributed by atoms with van der Waals surface area (Å²) >= 11 is 7.15. The zero-order valence-electron chi connectivity index (χ0n) is 11.5. The molecule has 1 nitrogen and oxygen atoms in total. The molecule has 0 radical (unpaired) electrons. The van der Waals surface area contributed by atoms with Gasteiger partial charge in [-0.3, -0.25) is 0 Å². The molecule has 0 saturated carbocycles. The molecule has 0 N–H and O–H groups in total. The smallest absolute Gasteiger partial charge is 1.00 e. The Balaban J connectivity index is 0.00000180. The van der Waals surface area contributed by atoms with Crippen LogP contribution in [0.2, 0.25) is 13.1 Å². The largest absolute Gasteiger partial charge is 1.00 e. The number of rotatable bonds is 4. The van der Waals surface area contributed by atoms with Crippen molar-refractivity contribution in [2.24, 2.45) is 0 Å². The van der Waals surface area contributed by atoms with Crippen LogP contribution >= 0.6 is 15.3 Å². The molecule has 0 amide bonds. The van der Waals surface area contributed by atoms with Crippen LogP contribution in [0.1, 0.15) is 18.5 Å². The molecule has 20 heavy (non-hydrogen) atoms. The summed E-state index contributed by atoms with van der Waals surface area (Å²) in [6, 6.07) is 6.13. The van der Waals surface area contributed by atoms with Gasteiger partial charge in [-0.05, 0) is 0 Å². The number of allylic oxidation sites excluding steroid dienone is 4. The van der Waals surface area contributed by atoms with Gasteiger partial charge in [0.15, 0.2) is 0 Å².